The van der Waals surface area contributed by atoms with E-state index in [1.807, 2.05) is 4.74 Å². The van der Waals surface area contributed by atoms with E-state index < -0.39 is 147 Å². The molecule has 0 fully saturated rings. The van der Waals surface area contributed by atoms with Crippen molar-refractivity contribution < 1.29 is 193 Å². The molecule has 428 valence electrons. The van der Waals surface area contributed by atoms with E-state index in [4.69, 9.17) is 0 Å². The molecule has 0 bridgehead atoms. The van der Waals surface area contributed by atoms with Crippen LogP contribution in [0.4, 0.5) is 136 Å². The second-order valence-electron chi connectivity index (χ2n) is 12.8. The molecule has 0 radical (unpaired) electrons. The summed E-state index contributed by atoms with van der Waals surface area (Å²) in [5.41, 5.74) is 0. The van der Waals surface area contributed by atoms with Crippen molar-refractivity contribution >= 4 is 17.9 Å². The second-order valence-corrected chi connectivity index (χ2v) is 12.8. The zero-order valence-corrected chi connectivity index (χ0v) is 33.5. The fraction of sp³-hybridized carbons (Fsp3) is 0.700. The molecule has 0 saturated carbocycles. The Morgan fingerprint density at radius 2 is 0.479 bits per heavy atom. The number of alkyl halides is 31. The highest BCUT2D eigenvalue weighted by atomic mass is 19.4. The third-order valence-electron chi connectivity index (χ3n) is 7.18. The lowest BCUT2D eigenvalue weighted by Gasteiger charge is -2.39. The van der Waals surface area contributed by atoms with Crippen LogP contribution in [0, 0.1) is 0 Å². The van der Waals surface area contributed by atoms with Gasteiger partial charge in [0.05, 0.1) is 0 Å². The molecule has 0 rings (SSSR count). The lowest BCUT2D eigenvalue weighted by molar-refractivity contribution is -0.530. The van der Waals surface area contributed by atoms with Crippen LogP contribution in [0.1, 0.15) is 0 Å². The maximum atomic E-state index is 15.6. The molecule has 0 amide bonds. The summed E-state index contributed by atoms with van der Waals surface area (Å²) in [6.45, 7) is -11.9. The molecular weight excluding hydrogens is 1140 g/mol. The Hall–Kier alpha value is -4.78. The molecular formula is C30H19F31O12. The summed E-state index contributed by atoms with van der Waals surface area (Å²) in [4.78, 5) is 32.4. The van der Waals surface area contributed by atoms with Crippen molar-refractivity contribution in [3.63, 3.8) is 0 Å². The highest BCUT2D eigenvalue weighted by Gasteiger charge is 2.83. The van der Waals surface area contributed by atoms with Gasteiger partial charge in [-0.15, -0.1) is 0 Å². The smallest absolute Gasteiger partial charge is 0.433 e. The predicted molar refractivity (Wildman–Crippen MR) is 158 cm³/mol. The Morgan fingerprint density at radius 3 is 0.685 bits per heavy atom. The van der Waals surface area contributed by atoms with E-state index in [0.29, 0.717) is 0 Å². The van der Waals surface area contributed by atoms with E-state index in [2.05, 4.69) is 43.4 Å². The molecule has 0 atom stereocenters. The van der Waals surface area contributed by atoms with Gasteiger partial charge in [0.25, 0.3) is 5.85 Å². The van der Waals surface area contributed by atoms with Gasteiger partial charge in [-0.25, -0.2) is 33.0 Å². The van der Waals surface area contributed by atoms with Crippen molar-refractivity contribution in [1.82, 2.24) is 0 Å². The molecule has 0 unspecified atom stereocenters. The maximum Gasteiger partial charge on any atom is 0.433 e. The maximum absolute atomic E-state index is 15.6. The molecule has 0 aromatic rings. The summed E-state index contributed by atoms with van der Waals surface area (Å²) >= 11 is 0. The van der Waals surface area contributed by atoms with Crippen LogP contribution in [0.15, 0.2) is 38.0 Å². The minimum atomic E-state index is -8.62. The number of esters is 3. The van der Waals surface area contributed by atoms with Crippen LogP contribution in [0.3, 0.4) is 0 Å². The average Bonchev–Trinajstić information content (AvgIpc) is 3.20. The normalized spacial score (nSPS) is 15.2. The highest BCUT2D eigenvalue weighted by Crippen LogP contribution is 2.56. The van der Waals surface area contributed by atoms with Gasteiger partial charge in [0.15, 0.2) is 19.8 Å². The van der Waals surface area contributed by atoms with Gasteiger partial charge < -0.3 is 23.7 Å². The molecule has 43 heteroatoms. The van der Waals surface area contributed by atoms with Crippen LogP contribution >= 0.6 is 0 Å². The fourth-order valence-electron chi connectivity index (χ4n) is 3.29. The number of carbonyl (C=O) groups is 3. The first kappa shape index (κ1) is 68.2. The number of hydrogen-bond donors (Lipinski definition) is 0. The van der Waals surface area contributed by atoms with Crippen LogP contribution < -0.4 is 0 Å². The Balaban J connectivity index is 7.54. The Kier molecular flexibility index (Phi) is 20.0. The Morgan fingerprint density at radius 1 is 0.288 bits per heavy atom. The fourth-order valence-corrected chi connectivity index (χ4v) is 3.29. The van der Waals surface area contributed by atoms with E-state index >= 15 is 4.39 Å². The Labute approximate surface area is 379 Å². The molecule has 0 N–H and O–H groups in total. The lowest BCUT2D eigenvalue weighted by atomic mass is 10.2. The minimum absolute atomic E-state index is 0.155. The SMILES string of the molecule is C=CC(=O)OCC(F)(F)C(F)(F)OC(F)(F)C(F)(F)C(F)(F)OCC(F)(COC(F)(F)C(F)(F)C(F)(F)OC(F)(F)C(F)(F)COC(=O)C=C)OC(F)(F)C(F)(F)C(F)(F)OC(F)(F)C(F)(F)COC(=O)C=C. The summed E-state index contributed by atoms with van der Waals surface area (Å²) in [7, 11) is 0. The van der Waals surface area contributed by atoms with Crippen molar-refractivity contribution in [3.05, 3.63) is 38.0 Å². The molecule has 0 aliphatic rings. The average molecular weight is 1160 g/mol. The molecule has 12 nitrogen and oxygen atoms in total. The van der Waals surface area contributed by atoms with E-state index in [1.54, 1.807) is 14.2 Å². The van der Waals surface area contributed by atoms with Gasteiger partial charge >= 0.3 is 108 Å². The summed E-state index contributed by atoms with van der Waals surface area (Å²) in [5.74, 6) is -58.9. The topological polar surface area (TPSA) is 134 Å². The van der Waals surface area contributed by atoms with E-state index in [9.17, 15) is 146 Å². The minimum Gasteiger partial charge on any atom is -0.456 e. The highest BCUT2D eigenvalue weighted by molar-refractivity contribution is 5.81. The van der Waals surface area contributed by atoms with Crippen LogP contribution in [0.25, 0.3) is 0 Å². The number of rotatable bonds is 32. The number of hydrogen-bond acceptors (Lipinski definition) is 12. The monoisotopic (exact) mass is 1160 g/mol. The molecule has 0 aliphatic carbocycles. The van der Waals surface area contributed by atoms with Gasteiger partial charge in [0, 0.05) is 18.2 Å². The van der Waals surface area contributed by atoms with Crippen molar-refractivity contribution in [2.24, 2.45) is 0 Å². The molecule has 0 heterocycles. The first-order chi connectivity index (χ1) is 31.9. The standard InChI is InChI=1S/C30H19F31O12/c1-4-12(62)65-9-16(32,33)22(44,45)71-28(56,57)19(38,39)25(50,51)68-7-15(31,70-27(54,55)21(42,43)30(60,61)73-24(48,49)18(36,37)11-67-14(64)6-3)8-69-26(52,53)20(40,41)29(58,59)72-23(46,47)17(34,35)10-66-13(63)5-2/h4-6H,1-3,7-11H2. The number of halogens is 31. The van der Waals surface area contributed by atoms with Gasteiger partial charge in [-0.3, -0.25) is 4.74 Å². The molecule has 73 heavy (non-hydrogen) atoms. The predicted octanol–water partition coefficient (Wildman–Crippen LogP) is 10.1. The first-order valence-electron chi connectivity index (χ1n) is 16.7. The summed E-state index contributed by atoms with van der Waals surface area (Å²) in [6, 6.07) is 0. The molecule has 0 spiro atoms. The van der Waals surface area contributed by atoms with Gasteiger partial charge in [-0.2, -0.15) is 132 Å². The zero-order chi connectivity index (χ0) is 58.8. The third kappa shape index (κ3) is 15.0. The summed E-state index contributed by atoms with van der Waals surface area (Å²) in [6.07, 6.45) is -71.9. The van der Waals surface area contributed by atoms with Crippen LogP contribution in [-0.4, -0.2) is 147 Å². The van der Waals surface area contributed by atoms with E-state index in [-0.39, 0.29) is 18.2 Å². The van der Waals surface area contributed by atoms with Crippen molar-refractivity contribution in [2.45, 2.75) is 96.4 Å². The molecule has 0 aromatic carbocycles. The van der Waals surface area contributed by atoms with Gasteiger partial charge in [-0.05, 0) is 0 Å². The van der Waals surface area contributed by atoms with Gasteiger partial charge in [0.2, 0.25) is 0 Å². The van der Waals surface area contributed by atoms with Crippen LogP contribution in [0.5, 0.6) is 0 Å². The van der Waals surface area contributed by atoms with Crippen molar-refractivity contribution in [1.29, 1.82) is 0 Å². The Bertz CT molecular complexity index is 1880. The molecule has 0 saturated heterocycles. The number of ether oxygens (including phenoxy) is 9. The van der Waals surface area contributed by atoms with E-state index in [1.165, 1.54) is 0 Å². The quantitative estimate of drug-likeness (QED) is 0.0275. The van der Waals surface area contributed by atoms with Crippen LogP contribution in [-0.2, 0) is 57.0 Å². The van der Waals surface area contributed by atoms with Crippen molar-refractivity contribution in [2.75, 3.05) is 33.0 Å². The summed E-state index contributed by atoms with van der Waals surface area (Å²) < 4.78 is 458. The lowest BCUT2D eigenvalue weighted by Crippen LogP contribution is -2.65. The second kappa shape index (κ2) is 21.5. The van der Waals surface area contributed by atoms with Crippen LogP contribution in [0.2, 0.25) is 0 Å². The van der Waals surface area contributed by atoms with Gasteiger partial charge in [-0.1, -0.05) is 19.7 Å². The van der Waals surface area contributed by atoms with Crippen molar-refractivity contribution in [3.8, 4) is 0 Å². The molecule has 0 aromatic heterocycles. The van der Waals surface area contributed by atoms with E-state index in [0.717, 1.165) is 0 Å². The third-order valence-corrected chi connectivity index (χ3v) is 7.18. The largest absolute Gasteiger partial charge is 0.456 e. The first-order valence-corrected chi connectivity index (χ1v) is 16.7. The zero-order valence-electron chi connectivity index (χ0n) is 33.5. The van der Waals surface area contributed by atoms with Gasteiger partial charge in [0.1, 0.15) is 13.2 Å². The molecule has 0 aliphatic heterocycles. The number of carbonyl (C=O) groups excluding carboxylic acids is 3. The summed E-state index contributed by atoms with van der Waals surface area (Å²) in [5, 5.41) is 0.